The van der Waals surface area contributed by atoms with E-state index < -0.39 is 0 Å². The Hall–Kier alpha value is -0.980. The maximum Gasteiger partial charge on any atom is 0.0300 e. The quantitative estimate of drug-likeness (QED) is 0.643. The molecule has 0 atom stereocenters. The van der Waals surface area contributed by atoms with Crippen LogP contribution in [0.25, 0.3) is 0 Å². The predicted molar refractivity (Wildman–Crippen MR) is 64.6 cm³/mol. The summed E-state index contributed by atoms with van der Waals surface area (Å²) in [5, 5.41) is 0. The Balaban J connectivity index is -0.000000218. The lowest BCUT2D eigenvalue weighted by atomic mass is 10.2. The molecule has 2 N–H and O–H groups in total. The first-order valence-corrected chi connectivity index (χ1v) is 4.93. The molecule has 0 aromatic carbocycles. The fourth-order valence-electron chi connectivity index (χ4n) is 0.501. The molecule has 0 aliphatic carbocycles. The summed E-state index contributed by atoms with van der Waals surface area (Å²) in [7, 11) is 0. The van der Waals surface area contributed by atoms with Crippen molar-refractivity contribution in [1.29, 1.82) is 0 Å². The minimum atomic E-state index is 0.815. The molecule has 0 bridgehead atoms. The Kier molecular flexibility index (Phi) is 23.7. The van der Waals surface area contributed by atoms with Gasteiger partial charge < -0.3 is 5.73 Å². The maximum absolute atomic E-state index is 5.55. The normalized spacial score (nSPS) is 10.3. The molecule has 0 aliphatic rings. The zero-order valence-electron chi connectivity index (χ0n) is 10.0. The molecule has 0 amide bonds. The number of hydrogen-bond donors (Lipinski definition) is 1. The second-order valence-electron chi connectivity index (χ2n) is 1.83. The molecule has 1 nitrogen and oxygen atoms in total. The van der Waals surface area contributed by atoms with Crippen LogP contribution in [-0.4, -0.2) is 0 Å². The van der Waals surface area contributed by atoms with Gasteiger partial charge in [-0.15, -0.1) is 0 Å². The highest BCUT2D eigenvalue weighted by Gasteiger charge is 1.86. The highest BCUT2D eigenvalue weighted by molar-refractivity contribution is 5.28. The summed E-state index contributed by atoms with van der Waals surface area (Å²) in [5.41, 5.74) is 7.42. The first-order chi connectivity index (χ1) is 6.22. The molecular weight excluding hydrogens is 158 g/mol. The van der Waals surface area contributed by atoms with Crippen molar-refractivity contribution >= 4 is 0 Å². The minimum Gasteiger partial charge on any atom is -0.399 e. The minimum absolute atomic E-state index is 0.815. The van der Waals surface area contributed by atoms with Crippen LogP contribution in [0.2, 0.25) is 0 Å². The average Bonchev–Trinajstić information content (AvgIpc) is 2.23. The monoisotopic (exact) mass is 183 g/mol. The number of allylic oxidation sites excluding steroid dienone is 4. The van der Waals surface area contributed by atoms with Crippen LogP contribution in [0.15, 0.2) is 36.1 Å². The molecule has 0 aliphatic heterocycles. The van der Waals surface area contributed by atoms with Crippen LogP contribution in [0, 0.1) is 0 Å². The summed E-state index contributed by atoms with van der Waals surface area (Å²) >= 11 is 0. The van der Waals surface area contributed by atoms with Gasteiger partial charge in [-0.3, -0.25) is 0 Å². The van der Waals surface area contributed by atoms with Gasteiger partial charge in [0.1, 0.15) is 0 Å². The van der Waals surface area contributed by atoms with Gasteiger partial charge >= 0.3 is 0 Å². The zero-order valence-corrected chi connectivity index (χ0v) is 10.0. The molecule has 0 saturated carbocycles. The van der Waals surface area contributed by atoms with Crippen LogP contribution >= 0.6 is 0 Å². The largest absolute Gasteiger partial charge is 0.399 e. The van der Waals surface area contributed by atoms with E-state index in [0.29, 0.717) is 0 Å². The van der Waals surface area contributed by atoms with Crippen molar-refractivity contribution in [3.8, 4) is 0 Å². The lowest BCUT2D eigenvalue weighted by Gasteiger charge is -1.96. The average molecular weight is 183 g/mol. The molecule has 0 radical (unpaired) electrons. The molecule has 0 spiro atoms. The van der Waals surface area contributed by atoms with Gasteiger partial charge in [-0.2, -0.15) is 0 Å². The molecule has 0 saturated heterocycles. The highest BCUT2D eigenvalue weighted by atomic mass is 14.6. The summed E-state index contributed by atoms with van der Waals surface area (Å²) in [4.78, 5) is 0. The van der Waals surface area contributed by atoms with Crippen LogP contribution in [0.4, 0.5) is 0 Å². The van der Waals surface area contributed by atoms with E-state index in [1.807, 2.05) is 53.7 Å². The van der Waals surface area contributed by atoms with Crippen LogP contribution in [0.5, 0.6) is 0 Å². The molecule has 0 unspecified atom stereocenters. The smallest absolute Gasteiger partial charge is 0.0300 e. The summed E-state index contributed by atoms with van der Waals surface area (Å²) < 4.78 is 0. The fourth-order valence-corrected chi connectivity index (χ4v) is 0.501. The second kappa shape index (κ2) is 17.2. The van der Waals surface area contributed by atoms with E-state index in [4.69, 9.17) is 5.73 Å². The van der Waals surface area contributed by atoms with E-state index in [0.717, 1.165) is 11.3 Å². The van der Waals surface area contributed by atoms with E-state index >= 15 is 0 Å². The molecule has 0 aromatic heterocycles. The molecule has 78 valence electrons. The first-order valence-electron chi connectivity index (χ1n) is 4.93. The molecule has 13 heavy (non-hydrogen) atoms. The number of hydrogen-bond acceptors (Lipinski definition) is 1. The van der Waals surface area contributed by atoms with Crippen molar-refractivity contribution < 1.29 is 0 Å². The maximum atomic E-state index is 5.55. The van der Waals surface area contributed by atoms with Gasteiger partial charge in [0.25, 0.3) is 0 Å². The van der Waals surface area contributed by atoms with Crippen LogP contribution in [0.1, 0.15) is 41.5 Å². The Morgan fingerprint density at radius 1 is 1.15 bits per heavy atom. The van der Waals surface area contributed by atoms with Gasteiger partial charge in [-0.1, -0.05) is 52.5 Å². The Morgan fingerprint density at radius 3 is 1.77 bits per heavy atom. The summed E-state index contributed by atoms with van der Waals surface area (Å²) in [5.74, 6) is 0. The van der Waals surface area contributed by atoms with Gasteiger partial charge in [-0.25, -0.2) is 0 Å². The number of rotatable bonds is 2. The highest BCUT2D eigenvalue weighted by Crippen LogP contribution is 2.00. The summed E-state index contributed by atoms with van der Waals surface area (Å²) in [6.07, 6.45) is 5.48. The Morgan fingerprint density at radius 2 is 1.54 bits per heavy atom. The lowest BCUT2D eigenvalue weighted by Crippen LogP contribution is -1.96. The first kappa shape index (κ1) is 17.9. The third-order valence-corrected chi connectivity index (χ3v) is 1.13. The molecule has 0 heterocycles. The third-order valence-electron chi connectivity index (χ3n) is 1.13. The van der Waals surface area contributed by atoms with Gasteiger partial charge in [0.05, 0.1) is 0 Å². The second-order valence-corrected chi connectivity index (χ2v) is 1.83. The van der Waals surface area contributed by atoms with E-state index in [2.05, 4.69) is 6.58 Å². The van der Waals surface area contributed by atoms with Gasteiger partial charge in [-0.05, 0) is 19.4 Å². The fraction of sp³-hybridized carbons (Fsp3) is 0.500. The molecule has 0 aromatic rings. The van der Waals surface area contributed by atoms with Crippen molar-refractivity contribution in [1.82, 2.24) is 0 Å². The van der Waals surface area contributed by atoms with Crippen molar-refractivity contribution in [3.63, 3.8) is 0 Å². The van der Waals surface area contributed by atoms with E-state index in [1.54, 1.807) is 6.08 Å². The topological polar surface area (TPSA) is 26.0 Å². The molecule has 1 heteroatoms. The van der Waals surface area contributed by atoms with E-state index in [9.17, 15) is 0 Å². The van der Waals surface area contributed by atoms with Crippen molar-refractivity contribution in [2.24, 2.45) is 5.73 Å². The van der Waals surface area contributed by atoms with Crippen molar-refractivity contribution in [2.75, 3.05) is 0 Å². The van der Waals surface area contributed by atoms with Crippen LogP contribution in [-0.2, 0) is 0 Å². The Labute approximate surface area is 84.0 Å². The molecule has 0 fully saturated rings. The summed E-state index contributed by atoms with van der Waals surface area (Å²) in [6, 6.07) is 0. The van der Waals surface area contributed by atoms with Crippen LogP contribution in [0.3, 0.4) is 0 Å². The molecular formula is C12H25N. The van der Waals surface area contributed by atoms with E-state index in [1.165, 1.54) is 0 Å². The summed E-state index contributed by atoms with van der Waals surface area (Å²) in [6.45, 7) is 15.4. The van der Waals surface area contributed by atoms with Crippen molar-refractivity contribution in [3.05, 3.63) is 36.1 Å². The standard InChI is InChI=1S/C8H13N.2C2H6/c1-4-6-7(3)8(9)5-2;2*1-2/h4-6H,1,9H2,2-3H3;2*1-2H3/b7-6-,8-5+;;. The van der Waals surface area contributed by atoms with Gasteiger partial charge in [0, 0.05) is 5.70 Å². The SMILES string of the molecule is C=C/C=C(C)\C(N)=C/C.CC.CC. The third kappa shape index (κ3) is 13.9. The van der Waals surface area contributed by atoms with Crippen molar-refractivity contribution in [2.45, 2.75) is 41.5 Å². The van der Waals surface area contributed by atoms with Gasteiger partial charge in [0.2, 0.25) is 0 Å². The number of nitrogens with two attached hydrogens (primary N) is 1. The van der Waals surface area contributed by atoms with Crippen LogP contribution < -0.4 is 5.73 Å². The van der Waals surface area contributed by atoms with Gasteiger partial charge in [0.15, 0.2) is 0 Å². The lowest BCUT2D eigenvalue weighted by molar-refractivity contribution is 1.27. The Bertz CT molecular complexity index is 153. The zero-order chi connectivity index (χ0) is 11.3. The molecule has 0 rings (SSSR count). The van der Waals surface area contributed by atoms with E-state index in [-0.39, 0.29) is 0 Å². The predicted octanol–water partition coefficient (Wildman–Crippen LogP) is 4.03.